The fraction of sp³-hybridized carbons (Fsp3) is 0.350. The lowest BCUT2D eigenvalue weighted by molar-refractivity contribution is -0.120. The molecule has 2 aromatic carbocycles. The first kappa shape index (κ1) is 15.2. The number of carbonyl (C=O) groups is 1. The Kier molecular flexibility index (Phi) is 4.30. The molecule has 0 radical (unpaired) electrons. The van der Waals surface area contributed by atoms with Gasteiger partial charge >= 0.3 is 0 Å². The molecule has 2 heteroatoms. The summed E-state index contributed by atoms with van der Waals surface area (Å²) < 4.78 is 0. The summed E-state index contributed by atoms with van der Waals surface area (Å²) in [5.41, 5.74) is 1.87. The van der Waals surface area contributed by atoms with E-state index in [0.29, 0.717) is 17.2 Å². The van der Waals surface area contributed by atoms with Gasteiger partial charge in [0.05, 0.1) is 8.07 Å². The minimum Gasteiger partial charge on any atom is -0.300 e. The summed E-state index contributed by atoms with van der Waals surface area (Å²) >= 11 is 0. The Morgan fingerprint density at radius 1 is 0.864 bits per heavy atom. The lowest BCUT2D eigenvalue weighted by Gasteiger charge is -2.38. The molecular formula is C20H24OSi. The fourth-order valence-electron chi connectivity index (χ4n) is 3.78. The van der Waals surface area contributed by atoms with Crippen LogP contribution >= 0.6 is 0 Å². The number of benzene rings is 2. The van der Waals surface area contributed by atoms with Gasteiger partial charge in [-0.3, -0.25) is 4.79 Å². The van der Waals surface area contributed by atoms with Crippen LogP contribution in [0.1, 0.15) is 30.7 Å². The van der Waals surface area contributed by atoms with Crippen molar-refractivity contribution in [2.24, 2.45) is 0 Å². The van der Waals surface area contributed by atoms with E-state index in [1.54, 1.807) is 0 Å². The lowest BCUT2D eigenvalue weighted by Crippen LogP contribution is -2.48. The summed E-state index contributed by atoms with van der Waals surface area (Å²) in [6, 6.07) is 21.4. The number of carbonyl (C=O) groups excluding carboxylic acids is 1. The highest BCUT2D eigenvalue weighted by Crippen LogP contribution is 2.42. The first-order valence-electron chi connectivity index (χ1n) is 8.19. The predicted octanol–water partition coefficient (Wildman–Crippen LogP) is 4.51. The fourth-order valence-corrected chi connectivity index (χ4v) is 6.91. The Hall–Kier alpha value is -1.67. The van der Waals surface area contributed by atoms with E-state index in [1.807, 2.05) is 6.07 Å². The second-order valence-electron chi connectivity index (χ2n) is 7.07. The molecule has 0 amide bonds. The van der Waals surface area contributed by atoms with Crippen LogP contribution in [-0.4, -0.2) is 13.9 Å². The van der Waals surface area contributed by atoms with E-state index >= 15 is 0 Å². The summed E-state index contributed by atoms with van der Waals surface area (Å²) in [7, 11) is -1.62. The quantitative estimate of drug-likeness (QED) is 0.763. The van der Waals surface area contributed by atoms with Crippen LogP contribution in [0.15, 0.2) is 60.7 Å². The highest BCUT2D eigenvalue weighted by atomic mass is 28.3. The van der Waals surface area contributed by atoms with Crippen LogP contribution < -0.4 is 5.19 Å². The molecule has 2 aromatic rings. The van der Waals surface area contributed by atoms with Gasteiger partial charge in [0.25, 0.3) is 0 Å². The first-order valence-corrected chi connectivity index (χ1v) is 11.3. The summed E-state index contributed by atoms with van der Waals surface area (Å²) in [4.78, 5) is 12.4. The number of hydrogen-bond acceptors (Lipinski definition) is 1. The lowest BCUT2D eigenvalue weighted by atomic mass is 9.83. The van der Waals surface area contributed by atoms with Crippen molar-refractivity contribution in [3.63, 3.8) is 0 Å². The number of hydrogen-bond donors (Lipinski definition) is 0. The number of Topliss-reactive ketones (excluding diaryl/α,β-unsaturated/α-hetero) is 1. The average Bonchev–Trinajstić information content (AvgIpc) is 2.56. The Balaban J connectivity index is 1.86. The molecule has 1 fully saturated rings. The van der Waals surface area contributed by atoms with Gasteiger partial charge < -0.3 is 0 Å². The van der Waals surface area contributed by atoms with E-state index in [0.717, 1.165) is 19.3 Å². The second kappa shape index (κ2) is 6.21. The molecule has 2 atom stereocenters. The zero-order valence-electron chi connectivity index (χ0n) is 13.5. The van der Waals surface area contributed by atoms with Gasteiger partial charge in [0.2, 0.25) is 0 Å². The molecule has 0 bridgehead atoms. The van der Waals surface area contributed by atoms with Crippen molar-refractivity contribution in [1.82, 2.24) is 0 Å². The van der Waals surface area contributed by atoms with Crippen LogP contribution in [-0.2, 0) is 4.79 Å². The molecule has 0 saturated heterocycles. The monoisotopic (exact) mass is 308 g/mol. The Morgan fingerprint density at radius 2 is 1.45 bits per heavy atom. The first-order chi connectivity index (χ1) is 10.6. The van der Waals surface area contributed by atoms with Gasteiger partial charge in [-0.2, -0.15) is 0 Å². The maximum Gasteiger partial charge on any atom is 0.133 e. The molecular weight excluding hydrogens is 284 g/mol. The second-order valence-corrected chi connectivity index (χ2v) is 11.9. The molecule has 0 aromatic heterocycles. The van der Waals surface area contributed by atoms with Crippen LogP contribution in [0, 0.1) is 0 Å². The number of rotatable bonds is 3. The molecule has 0 spiro atoms. The van der Waals surface area contributed by atoms with Crippen LogP contribution in [0.4, 0.5) is 0 Å². The van der Waals surface area contributed by atoms with Crippen molar-refractivity contribution in [2.45, 2.75) is 43.8 Å². The summed E-state index contributed by atoms with van der Waals surface area (Å²) in [6.07, 6.45) is 2.65. The van der Waals surface area contributed by atoms with E-state index in [9.17, 15) is 4.79 Å². The van der Waals surface area contributed by atoms with E-state index in [1.165, 1.54) is 10.8 Å². The maximum atomic E-state index is 12.4. The van der Waals surface area contributed by atoms with Crippen molar-refractivity contribution < 1.29 is 4.79 Å². The molecule has 0 aliphatic heterocycles. The summed E-state index contributed by atoms with van der Waals surface area (Å²) in [6.45, 7) is 4.85. The molecule has 0 heterocycles. The zero-order chi connectivity index (χ0) is 15.6. The van der Waals surface area contributed by atoms with E-state index in [-0.39, 0.29) is 0 Å². The standard InChI is InChI=1S/C20H24OSi/c1-22(2,19-11-7-4-8-12-19)20-14-17(13-18(21)15-20)16-9-5-3-6-10-16/h3-12,17,20H,13-15H2,1-2H3/t17-,20+/m1/s1. The van der Waals surface area contributed by atoms with Crippen LogP contribution in [0.5, 0.6) is 0 Å². The third-order valence-corrected chi connectivity index (χ3v) is 9.63. The largest absolute Gasteiger partial charge is 0.300 e. The molecule has 0 N–H and O–H groups in total. The van der Waals surface area contributed by atoms with Gasteiger partial charge in [-0.1, -0.05) is 78.9 Å². The van der Waals surface area contributed by atoms with Gasteiger partial charge in [0, 0.05) is 12.8 Å². The third kappa shape index (κ3) is 3.07. The van der Waals surface area contributed by atoms with Gasteiger partial charge in [0.1, 0.15) is 5.78 Å². The third-order valence-electron chi connectivity index (χ3n) is 5.33. The minimum absolute atomic E-state index is 0.405. The van der Waals surface area contributed by atoms with Crippen molar-refractivity contribution >= 4 is 19.0 Å². The topological polar surface area (TPSA) is 17.1 Å². The van der Waals surface area contributed by atoms with Gasteiger partial charge in [-0.05, 0) is 23.4 Å². The number of ketones is 1. The summed E-state index contributed by atoms with van der Waals surface area (Å²) in [5.74, 6) is 0.851. The molecule has 3 rings (SSSR count). The molecule has 1 nitrogen and oxygen atoms in total. The molecule has 0 unspecified atom stereocenters. The van der Waals surface area contributed by atoms with Crippen molar-refractivity contribution in [2.75, 3.05) is 0 Å². The highest BCUT2D eigenvalue weighted by Gasteiger charge is 2.39. The molecule has 1 aliphatic carbocycles. The van der Waals surface area contributed by atoms with Crippen molar-refractivity contribution in [3.05, 3.63) is 66.2 Å². The summed E-state index contributed by atoms with van der Waals surface area (Å²) in [5, 5.41) is 1.47. The maximum absolute atomic E-state index is 12.4. The van der Waals surface area contributed by atoms with E-state index in [4.69, 9.17) is 0 Å². The molecule has 114 valence electrons. The smallest absolute Gasteiger partial charge is 0.133 e. The minimum atomic E-state index is -1.62. The van der Waals surface area contributed by atoms with Gasteiger partial charge in [-0.25, -0.2) is 0 Å². The van der Waals surface area contributed by atoms with E-state index < -0.39 is 8.07 Å². The van der Waals surface area contributed by atoms with Crippen molar-refractivity contribution in [1.29, 1.82) is 0 Å². The molecule has 1 aliphatic rings. The molecule has 1 saturated carbocycles. The predicted molar refractivity (Wildman–Crippen MR) is 95.3 cm³/mol. The van der Waals surface area contributed by atoms with Gasteiger partial charge in [-0.15, -0.1) is 0 Å². The average molecular weight is 308 g/mol. The van der Waals surface area contributed by atoms with Gasteiger partial charge in [0.15, 0.2) is 0 Å². The van der Waals surface area contributed by atoms with Crippen molar-refractivity contribution in [3.8, 4) is 0 Å². The zero-order valence-corrected chi connectivity index (χ0v) is 14.5. The van der Waals surface area contributed by atoms with Crippen LogP contribution in [0.2, 0.25) is 18.6 Å². The SMILES string of the molecule is C[Si](C)(c1ccccc1)[C@@H]1CC(=O)C[C@@H](c2ccccc2)C1. The Morgan fingerprint density at radius 3 is 2.09 bits per heavy atom. The Labute approximate surface area is 134 Å². The molecule has 22 heavy (non-hydrogen) atoms. The normalized spacial score (nSPS) is 22.5. The van der Waals surface area contributed by atoms with Crippen LogP contribution in [0.25, 0.3) is 0 Å². The Bertz CT molecular complexity index is 633. The highest BCUT2D eigenvalue weighted by molar-refractivity contribution is 6.91. The van der Waals surface area contributed by atoms with Crippen LogP contribution in [0.3, 0.4) is 0 Å². The van der Waals surface area contributed by atoms with E-state index in [2.05, 4.69) is 67.7 Å².